The number of benzene rings is 2. The van der Waals surface area contributed by atoms with E-state index in [2.05, 4.69) is 53.5 Å². The Hall–Kier alpha value is -2.68. The molecular formula is C18H16N2O. The predicted octanol–water partition coefficient (Wildman–Crippen LogP) is 4.54. The molecule has 0 spiro atoms. The number of nitrogens with one attached hydrogen (secondary N) is 1. The molecule has 2 aromatic carbocycles. The van der Waals surface area contributed by atoms with E-state index in [1.807, 2.05) is 24.3 Å². The van der Waals surface area contributed by atoms with Gasteiger partial charge in [-0.1, -0.05) is 18.2 Å². The van der Waals surface area contributed by atoms with Crippen LogP contribution >= 0.6 is 0 Å². The van der Waals surface area contributed by atoms with Crippen LogP contribution in [0, 0.1) is 0 Å². The van der Waals surface area contributed by atoms with Crippen molar-refractivity contribution in [3.63, 3.8) is 0 Å². The van der Waals surface area contributed by atoms with Gasteiger partial charge in [0.15, 0.2) is 0 Å². The monoisotopic (exact) mass is 276 g/mol. The maximum absolute atomic E-state index is 5.85. The van der Waals surface area contributed by atoms with Gasteiger partial charge in [0.1, 0.15) is 11.2 Å². The Kier molecular flexibility index (Phi) is 2.71. The molecule has 0 fully saturated rings. The van der Waals surface area contributed by atoms with E-state index < -0.39 is 0 Å². The fourth-order valence-electron chi connectivity index (χ4n) is 2.71. The number of rotatable bonds is 3. The van der Waals surface area contributed by atoms with Crippen molar-refractivity contribution in [2.75, 3.05) is 5.32 Å². The first-order valence-corrected chi connectivity index (χ1v) is 7.07. The number of aromatic nitrogens is 1. The van der Waals surface area contributed by atoms with Gasteiger partial charge in [-0.25, -0.2) is 0 Å². The first kappa shape index (κ1) is 12.1. The van der Waals surface area contributed by atoms with Gasteiger partial charge in [0.25, 0.3) is 0 Å². The van der Waals surface area contributed by atoms with Crippen molar-refractivity contribution in [3.8, 4) is 0 Å². The number of para-hydroxylation sites is 1. The second-order valence-electron chi connectivity index (χ2n) is 5.27. The topological polar surface area (TPSA) is 30.1 Å². The first-order chi connectivity index (χ1) is 10.3. The summed E-state index contributed by atoms with van der Waals surface area (Å²) in [7, 11) is 2.06. The van der Waals surface area contributed by atoms with Gasteiger partial charge in [-0.2, -0.15) is 0 Å². The van der Waals surface area contributed by atoms with Crippen LogP contribution in [0.4, 0.5) is 5.69 Å². The van der Waals surface area contributed by atoms with Gasteiger partial charge >= 0.3 is 0 Å². The van der Waals surface area contributed by atoms with Crippen LogP contribution in [0.5, 0.6) is 0 Å². The van der Waals surface area contributed by atoms with Crippen molar-refractivity contribution in [2.24, 2.45) is 7.05 Å². The van der Waals surface area contributed by atoms with Crippen LogP contribution in [0.1, 0.15) is 5.69 Å². The average Bonchev–Trinajstić information content (AvgIpc) is 3.08. The summed E-state index contributed by atoms with van der Waals surface area (Å²) < 4.78 is 7.97. The minimum Gasteiger partial charge on any atom is -0.456 e. The minimum absolute atomic E-state index is 0.810. The van der Waals surface area contributed by atoms with Crippen molar-refractivity contribution >= 4 is 27.6 Å². The summed E-state index contributed by atoms with van der Waals surface area (Å²) in [4.78, 5) is 0. The zero-order valence-corrected chi connectivity index (χ0v) is 11.8. The van der Waals surface area contributed by atoms with E-state index in [1.165, 1.54) is 5.69 Å². The Morgan fingerprint density at radius 3 is 2.67 bits per heavy atom. The van der Waals surface area contributed by atoms with Crippen molar-refractivity contribution in [2.45, 2.75) is 6.54 Å². The zero-order valence-electron chi connectivity index (χ0n) is 11.8. The summed E-state index contributed by atoms with van der Waals surface area (Å²) in [6.07, 6.45) is 2.06. The number of hydrogen-bond donors (Lipinski definition) is 1. The van der Waals surface area contributed by atoms with Gasteiger partial charge in [-0.05, 0) is 36.4 Å². The number of furan rings is 1. The van der Waals surface area contributed by atoms with Gasteiger partial charge in [0, 0.05) is 35.4 Å². The highest BCUT2D eigenvalue weighted by atomic mass is 16.3. The molecule has 0 radical (unpaired) electrons. The minimum atomic E-state index is 0.810. The lowest BCUT2D eigenvalue weighted by molar-refractivity contribution is 0.669. The third-order valence-corrected chi connectivity index (χ3v) is 3.90. The Balaban J connectivity index is 1.69. The van der Waals surface area contributed by atoms with Crippen molar-refractivity contribution in [1.82, 2.24) is 4.57 Å². The van der Waals surface area contributed by atoms with E-state index in [-0.39, 0.29) is 0 Å². The smallest absolute Gasteiger partial charge is 0.135 e. The van der Waals surface area contributed by atoms with Crippen LogP contribution in [-0.4, -0.2) is 4.57 Å². The number of fused-ring (bicyclic) bond motifs is 3. The molecule has 0 aliphatic heterocycles. The van der Waals surface area contributed by atoms with Gasteiger partial charge in [-0.15, -0.1) is 0 Å². The van der Waals surface area contributed by atoms with E-state index in [0.29, 0.717) is 0 Å². The Morgan fingerprint density at radius 1 is 0.952 bits per heavy atom. The van der Waals surface area contributed by atoms with E-state index in [4.69, 9.17) is 4.42 Å². The van der Waals surface area contributed by atoms with E-state index in [1.54, 1.807) is 0 Å². The van der Waals surface area contributed by atoms with Crippen molar-refractivity contribution in [3.05, 3.63) is 66.5 Å². The lowest BCUT2D eigenvalue weighted by Gasteiger charge is -2.07. The summed E-state index contributed by atoms with van der Waals surface area (Å²) in [6, 6.07) is 18.6. The fraction of sp³-hybridized carbons (Fsp3) is 0.111. The van der Waals surface area contributed by atoms with Crippen molar-refractivity contribution < 1.29 is 4.42 Å². The third kappa shape index (κ3) is 2.07. The highest BCUT2D eigenvalue weighted by Gasteiger charge is 2.07. The molecule has 0 saturated heterocycles. The van der Waals surface area contributed by atoms with Crippen LogP contribution in [0.25, 0.3) is 21.9 Å². The van der Waals surface area contributed by atoms with E-state index in [0.717, 1.165) is 34.2 Å². The molecule has 3 nitrogen and oxygen atoms in total. The molecule has 2 aromatic heterocycles. The molecule has 0 aliphatic carbocycles. The Morgan fingerprint density at radius 2 is 1.81 bits per heavy atom. The molecule has 0 unspecified atom stereocenters. The van der Waals surface area contributed by atoms with Gasteiger partial charge in [0.2, 0.25) is 0 Å². The standard InChI is InChI=1S/C18H16N2O/c1-20-10-4-5-14(20)12-19-13-8-9-18-16(11-13)15-6-2-3-7-17(15)21-18/h2-11,19H,12H2,1H3. The van der Waals surface area contributed by atoms with E-state index in [9.17, 15) is 0 Å². The Bertz CT molecular complexity index is 917. The third-order valence-electron chi connectivity index (χ3n) is 3.90. The van der Waals surface area contributed by atoms with Crippen LogP contribution in [0.2, 0.25) is 0 Å². The van der Waals surface area contributed by atoms with E-state index >= 15 is 0 Å². The summed E-state index contributed by atoms with van der Waals surface area (Å²) >= 11 is 0. The van der Waals surface area contributed by atoms with Crippen LogP contribution < -0.4 is 5.32 Å². The predicted molar refractivity (Wildman–Crippen MR) is 86.5 cm³/mol. The SMILES string of the molecule is Cn1cccc1CNc1ccc2oc3ccccc3c2c1. The van der Waals surface area contributed by atoms with Gasteiger partial charge < -0.3 is 14.3 Å². The molecule has 0 saturated carbocycles. The summed E-state index contributed by atoms with van der Waals surface area (Å²) in [5.74, 6) is 0. The summed E-state index contributed by atoms with van der Waals surface area (Å²) in [5, 5.41) is 5.79. The molecule has 1 N–H and O–H groups in total. The Labute approximate surface area is 122 Å². The van der Waals surface area contributed by atoms with Crippen LogP contribution in [0.15, 0.2) is 65.2 Å². The molecule has 0 atom stereocenters. The largest absolute Gasteiger partial charge is 0.456 e. The average molecular weight is 276 g/mol. The highest BCUT2D eigenvalue weighted by molar-refractivity contribution is 6.05. The second-order valence-corrected chi connectivity index (χ2v) is 5.27. The molecule has 4 rings (SSSR count). The van der Waals surface area contributed by atoms with Crippen molar-refractivity contribution in [1.29, 1.82) is 0 Å². The molecule has 21 heavy (non-hydrogen) atoms. The maximum Gasteiger partial charge on any atom is 0.135 e. The molecule has 2 heterocycles. The van der Waals surface area contributed by atoms with Gasteiger partial charge in [-0.3, -0.25) is 0 Å². The number of nitrogens with zero attached hydrogens (tertiary/aromatic N) is 1. The molecule has 4 aromatic rings. The molecule has 104 valence electrons. The number of anilines is 1. The molecule has 0 bridgehead atoms. The lowest BCUT2D eigenvalue weighted by atomic mass is 10.1. The van der Waals surface area contributed by atoms with Gasteiger partial charge in [0.05, 0.1) is 6.54 Å². The molecule has 0 amide bonds. The first-order valence-electron chi connectivity index (χ1n) is 7.07. The summed E-state index contributed by atoms with van der Waals surface area (Å²) in [6.45, 7) is 0.810. The quantitative estimate of drug-likeness (QED) is 0.595. The highest BCUT2D eigenvalue weighted by Crippen LogP contribution is 2.30. The number of hydrogen-bond acceptors (Lipinski definition) is 2. The second kappa shape index (κ2) is 4.70. The normalized spacial score (nSPS) is 11.3. The fourth-order valence-corrected chi connectivity index (χ4v) is 2.71. The van der Waals surface area contributed by atoms with Crippen LogP contribution in [-0.2, 0) is 13.6 Å². The molecule has 3 heteroatoms. The summed E-state index contributed by atoms with van der Waals surface area (Å²) in [5.41, 5.74) is 4.23. The number of aryl methyl sites for hydroxylation is 1. The zero-order chi connectivity index (χ0) is 14.2. The lowest BCUT2D eigenvalue weighted by Crippen LogP contribution is -2.03. The maximum atomic E-state index is 5.85. The molecular weight excluding hydrogens is 260 g/mol. The van der Waals surface area contributed by atoms with Crippen LogP contribution in [0.3, 0.4) is 0 Å². The molecule has 0 aliphatic rings.